The molecule has 1 aliphatic rings. The highest BCUT2D eigenvalue weighted by molar-refractivity contribution is 6.43. The van der Waals surface area contributed by atoms with Gasteiger partial charge in [0, 0.05) is 29.5 Å². The highest BCUT2D eigenvalue weighted by Crippen LogP contribution is 2.41. The van der Waals surface area contributed by atoms with Gasteiger partial charge in [0.05, 0.1) is 18.4 Å². The zero-order valence-electron chi connectivity index (χ0n) is 15.4. The Morgan fingerprint density at radius 2 is 1.82 bits per heavy atom. The van der Waals surface area contributed by atoms with Gasteiger partial charge in [-0.15, -0.1) is 0 Å². The molecule has 0 radical (unpaired) electrons. The van der Waals surface area contributed by atoms with Crippen molar-refractivity contribution in [3.05, 3.63) is 64.2 Å². The molecule has 6 nitrogen and oxygen atoms in total. The monoisotopic (exact) mass is 399 g/mol. The van der Waals surface area contributed by atoms with Crippen molar-refractivity contribution in [1.29, 1.82) is 0 Å². The maximum Gasteiger partial charge on any atom is 0.305 e. The van der Waals surface area contributed by atoms with Crippen molar-refractivity contribution in [2.45, 2.75) is 19.8 Å². The molecule has 0 fully saturated rings. The van der Waals surface area contributed by atoms with Crippen molar-refractivity contribution >= 4 is 46.4 Å². The van der Waals surface area contributed by atoms with Crippen LogP contribution < -0.4 is 4.90 Å². The number of aryl methyl sites for hydroxylation is 1. The SMILES string of the molecule is COC(=O)CCc1ccc(/C(O)=C2\C(=O)N(C(C)=O)c3cc(Cl)ccc32)cc1. The van der Waals surface area contributed by atoms with E-state index in [9.17, 15) is 19.5 Å². The first-order valence-electron chi connectivity index (χ1n) is 8.57. The smallest absolute Gasteiger partial charge is 0.305 e. The van der Waals surface area contributed by atoms with E-state index in [1.54, 1.807) is 36.4 Å². The number of anilines is 1. The number of aliphatic hydroxyl groups excluding tert-OH is 1. The zero-order valence-corrected chi connectivity index (χ0v) is 16.1. The molecule has 144 valence electrons. The summed E-state index contributed by atoms with van der Waals surface area (Å²) in [4.78, 5) is 37.0. The van der Waals surface area contributed by atoms with E-state index in [2.05, 4.69) is 4.74 Å². The second-order valence-electron chi connectivity index (χ2n) is 6.32. The Morgan fingerprint density at radius 3 is 2.43 bits per heavy atom. The van der Waals surface area contributed by atoms with Gasteiger partial charge in [-0.2, -0.15) is 0 Å². The van der Waals surface area contributed by atoms with E-state index < -0.39 is 11.8 Å². The number of fused-ring (bicyclic) bond motifs is 1. The molecule has 28 heavy (non-hydrogen) atoms. The molecule has 0 saturated carbocycles. The van der Waals surface area contributed by atoms with Crippen LogP contribution in [0.25, 0.3) is 11.3 Å². The molecule has 0 saturated heterocycles. The molecule has 0 atom stereocenters. The van der Waals surface area contributed by atoms with Crippen LogP contribution in [0.5, 0.6) is 0 Å². The lowest BCUT2D eigenvalue weighted by Gasteiger charge is -2.12. The minimum absolute atomic E-state index is 0.0455. The lowest BCUT2D eigenvalue weighted by Crippen LogP contribution is -2.31. The largest absolute Gasteiger partial charge is 0.506 e. The number of benzene rings is 2. The van der Waals surface area contributed by atoms with Crippen LogP contribution in [0.4, 0.5) is 5.69 Å². The van der Waals surface area contributed by atoms with Gasteiger partial charge < -0.3 is 9.84 Å². The summed E-state index contributed by atoms with van der Waals surface area (Å²) in [6.07, 6.45) is 0.756. The van der Waals surface area contributed by atoms with Crippen LogP contribution in [-0.2, 0) is 25.5 Å². The summed E-state index contributed by atoms with van der Waals surface area (Å²) >= 11 is 6.00. The van der Waals surface area contributed by atoms with Crippen LogP contribution in [0.1, 0.15) is 30.0 Å². The molecule has 0 spiro atoms. The number of aliphatic hydroxyl groups is 1. The van der Waals surface area contributed by atoms with E-state index in [0.717, 1.165) is 10.5 Å². The first kappa shape index (κ1) is 19.6. The van der Waals surface area contributed by atoms with E-state index in [1.807, 2.05) is 0 Å². The third-order valence-electron chi connectivity index (χ3n) is 4.51. The lowest BCUT2D eigenvalue weighted by atomic mass is 10.0. The number of halogens is 1. The molecule has 2 aromatic carbocycles. The van der Waals surface area contributed by atoms with Gasteiger partial charge in [0.2, 0.25) is 5.91 Å². The fourth-order valence-corrected chi connectivity index (χ4v) is 3.27. The molecule has 7 heteroatoms. The molecular weight excluding hydrogens is 382 g/mol. The fraction of sp³-hybridized carbons (Fsp3) is 0.190. The predicted molar refractivity (Wildman–Crippen MR) is 106 cm³/mol. The average Bonchev–Trinajstić information content (AvgIpc) is 2.96. The van der Waals surface area contributed by atoms with Crippen molar-refractivity contribution in [3.63, 3.8) is 0 Å². The van der Waals surface area contributed by atoms with Crippen LogP contribution in [0.3, 0.4) is 0 Å². The van der Waals surface area contributed by atoms with Gasteiger partial charge in [-0.05, 0) is 24.1 Å². The van der Waals surface area contributed by atoms with Crippen LogP contribution in [-0.4, -0.2) is 30.0 Å². The molecule has 0 bridgehead atoms. The lowest BCUT2D eigenvalue weighted by molar-refractivity contribution is -0.140. The third-order valence-corrected chi connectivity index (χ3v) is 4.75. The topological polar surface area (TPSA) is 83.9 Å². The van der Waals surface area contributed by atoms with E-state index in [4.69, 9.17) is 11.6 Å². The highest BCUT2D eigenvalue weighted by Gasteiger charge is 2.37. The van der Waals surface area contributed by atoms with Gasteiger partial charge in [0.25, 0.3) is 5.91 Å². The van der Waals surface area contributed by atoms with E-state index in [-0.39, 0.29) is 23.7 Å². The Bertz CT molecular complexity index is 994. The summed E-state index contributed by atoms with van der Waals surface area (Å²) in [5, 5.41) is 11.2. The number of carbonyl (C=O) groups is 3. The maximum atomic E-state index is 12.8. The molecule has 1 aliphatic heterocycles. The van der Waals surface area contributed by atoms with Gasteiger partial charge in [-0.3, -0.25) is 14.4 Å². The number of amides is 2. The molecule has 0 aliphatic carbocycles. The Labute approximate surface area is 167 Å². The summed E-state index contributed by atoms with van der Waals surface area (Å²) < 4.78 is 4.62. The van der Waals surface area contributed by atoms with Crippen LogP contribution in [0, 0.1) is 0 Å². The van der Waals surface area contributed by atoms with E-state index in [1.165, 1.54) is 20.1 Å². The molecule has 2 aromatic rings. The summed E-state index contributed by atoms with van der Waals surface area (Å²) in [6.45, 7) is 1.28. The number of hydrogen-bond acceptors (Lipinski definition) is 5. The Kier molecular flexibility index (Phi) is 5.51. The molecule has 1 N–H and O–H groups in total. The van der Waals surface area contributed by atoms with Crippen molar-refractivity contribution in [2.24, 2.45) is 0 Å². The van der Waals surface area contributed by atoms with E-state index >= 15 is 0 Å². The second-order valence-corrected chi connectivity index (χ2v) is 6.75. The summed E-state index contributed by atoms with van der Waals surface area (Å²) in [7, 11) is 1.34. The molecule has 0 aromatic heterocycles. The average molecular weight is 400 g/mol. The normalized spacial score (nSPS) is 14.7. The van der Waals surface area contributed by atoms with Crippen molar-refractivity contribution in [3.8, 4) is 0 Å². The number of rotatable bonds is 4. The number of ether oxygens (including phenoxy) is 1. The van der Waals surface area contributed by atoms with Crippen LogP contribution in [0.2, 0.25) is 5.02 Å². The predicted octanol–water partition coefficient (Wildman–Crippen LogP) is 3.77. The second kappa shape index (κ2) is 7.86. The molecule has 2 amide bonds. The Hall–Kier alpha value is -3.12. The van der Waals surface area contributed by atoms with E-state index in [0.29, 0.717) is 28.3 Å². The molecule has 1 heterocycles. The van der Waals surface area contributed by atoms with Gasteiger partial charge in [-0.25, -0.2) is 4.90 Å². The van der Waals surface area contributed by atoms with Gasteiger partial charge in [0.15, 0.2) is 0 Å². The summed E-state index contributed by atoms with van der Waals surface area (Å²) in [6, 6.07) is 11.6. The highest BCUT2D eigenvalue weighted by atomic mass is 35.5. The summed E-state index contributed by atoms with van der Waals surface area (Å²) in [5.41, 5.74) is 2.15. The molecule has 0 unspecified atom stereocenters. The van der Waals surface area contributed by atoms with Gasteiger partial charge in [-0.1, -0.05) is 41.9 Å². The summed E-state index contributed by atoms with van der Waals surface area (Å²) in [5.74, 6) is -1.59. The maximum absolute atomic E-state index is 12.8. The van der Waals surface area contributed by atoms with Crippen molar-refractivity contribution < 1.29 is 24.2 Å². The van der Waals surface area contributed by atoms with Crippen LogP contribution in [0.15, 0.2) is 42.5 Å². The fourth-order valence-electron chi connectivity index (χ4n) is 3.10. The Balaban J connectivity index is 1.98. The Morgan fingerprint density at radius 1 is 1.14 bits per heavy atom. The number of carbonyl (C=O) groups excluding carboxylic acids is 3. The standard InChI is InChI=1S/C21H18ClNO5/c1-12(24)23-17-11-15(22)8-9-16(17)19(21(23)27)20(26)14-6-3-13(4-7-14)5-10-18(25)28-2/h3-4,6-9,11,26H,5,10H2,1-2H3/b20-19+. The quantitative estimate of drug-likeness (QED) is 0.480. The van der Waals surface area contributed by atoms with Crippen molar-refractivity contribution in [1.82, 2.24) is 0 Å². The number of hydrogen-bond donors (Lipinski definition) is 1. The number of methoxy groups -OCH3 is 1. The van der Waals surface area contributed by atoms with Gasteiger partial charge in [0.1, 0.15) is 5.76 Å². The molecule has 3 rings (SSSR count). The van der Waals surface area contributed by atoms with Crippen molar-refractivity contribution in [2.75, 3.05) is 12.0 Å². The molecular formula is C21H18ClNO5. The number of imide groups is 1. The number of esters is 1. The number of nitrogens with zero attached hydrogens (tertiary/aromatic N) is 1. The zero-order chi connectivity index (χ0) is 20.4. The minimum atomic E-state index is -0.600. The first-order chi connectivity index (χ1) is 13.3. The minimum Gasteiger partial charge on any atom is -0.506 e. The van der Waals surface area contributed by atoms with Gasteiger partial charge >= 0.3 is 5.97 Å². The first-order valence-corrected chi connectivity index (χ1v) is 8.95. The third kappa shape index (κ3) is 3.64. The van der Waals surface area contributed by atoms with Crippen LogP contribution >= 0.6 is 11.6 Å².